The van der Waals surface area contributed by atoms with Gasteiger partial charge in [-0.05, 0) is 31.2 Å². The molecule has 1 saturated heterocycles. The van der Waals surface area contributed by atoms with Crippen LogP contribution in [0.15, 0.2) is 36.4 Å². The summed E-state index contributed by atoms with van der Waals surface area (Å²) in [6.45, 7) is 4.98. The molecule has 0 spiro atoms. The number of rotatable bonds is 6. The van der Waals surface area contributed by atoms with Crippen molar-refractivity contribution in [2.75, 3.05) is 32.7 Å². The molecule has 1 fully saturated rings. The summed E-state index contributed by atoms with van der Waals surface area (Å²) in [6.07, 6.45) is 1.35. The second-order valence-corrected chi connectivity index (χ2v) is 7.87. The maximum atomic E-state index is 12.1. The van der Waals surface area contributed by atoms with E-state index in [4.69, 9.17) is 17.3 Å². The Labute approximate surface area is 182 Å². The minimum absolute atomic E-state index is 0. The first-order chi connectivity index (χ1) is 12.2. The molecule has 27 heavy (non-hydrogen) atoms. The maximum Gasteiger partial charge on any atom is 0.222 e. The number of hydrogen-bond acceptors (Lipinski definition) is 4. The van der Waals surface area contributed by atoms with Crippen LogP contribution < -0.4 is 5.73 Å². The van der Waals surface area contributed by atoms with E-state index in [1.807, 2.05) is 23.1 Å². The normalized spacial score (nSPS) is 14.4. The van der Waals surface area contributed by atoms with Gasteiger partial charge in [0.1, 0.15) is 0 Å². The molecule has 2 heterocycles. The molecule has 1 aliphatic heterocycles. The van der Waals surface area contributed by atoms with Crippen LogP contribution in [0.25, 0.3) is 10.4 Å². The van der Waals surface area contributed by atoms with Gasteiger partial charge in [-0.3, -0.25) is 9.69 Å². The zero-order chi connectivity index (χ0) is 17.6. The van der Waals surface area contributed by atoms with Gasteiger partial charge >= 0.3 is 0 Å². The molecule has 0 radical (unpaired) electrons. The molecular formula is C19H26Cl3N3OS. The number of nitrogens with zero attached hydrogens (tertiary/aromatic N) is 2. The molecule has 1 amide bonds. The van der Waals surface area contributed by atoms with Crippen molar-refractivity contribution in [2.24, 2.45) is 5.73 Å². The molecule has 2 aromatic rings. The van der Waals surface area contributed by atoms with Crippen molar-refractivity contribution in [1.82, 2.24) is 9.80 Å². The topological polar surface area (TPSA) is 49.6 Å². The second kappa shape index (κ2) is 11.9. The highest BCUT2D eigenvalue weighted by molar-refractivity contribution is 7.15. The molecule has 150 valence electrons. The molecule has 3 rings (SSSR count). The van der Waals surface area contributed by atoms with Gasteiger partial charge in [0.05, 0.1) is 0 Å². The molecular weight excluding hydrogens is 425 g/mol. The van der Waals surface area contributed by atoms with Crippen molar-refractivity contribution in [1.29, 1.82) is 0 Å². The van der Waals surface area contributed by atoms with Gasteiger partial charge in [0.15, 0.2) is 0 Å². The summed E-state index contributed by atoms with van der Waals surface area (Å²) >= 11 is 8.08. The van der Waals surface area contributed by atoms with Crippen molar-refractivity contribution >= 4 is 53.7 Å². The molecule has 0 aliphatic carbocycles. The Morgan fingerprint density at radius 1 is 1.07 bits per heavy atom. The first-order valence-corrected chi connectivity index (χ1v) is 9.90. The number of piperazine rings is 1. The fourth-order valence-electron chi connectivity index (χ4n) is 3.06. The summed E-state index contributed by atoms with van der Waals surface area (Å²) in [7, 11) is 0. The van der Waals surface area contributed by atoms with Gasteiger partial charge in [-0.25, -0.2) is 0 Å². The lowest BCUT2D eigenvalue weighted by Gasteiger charge is -2.34. The second-order valence-electron chi connectivity index (χ2n) is 6.29. The number of carbonyl (C=O) groups excluding carboxylic acids is 1. The molecule has 0 bridgehead atoms. The summed E-state index contributed by atoms with van der Waals surface area (Å²) in [5.41, 5.74) is 6.57. The Morgan fingerprint density at radius 2 is 1.78 bits per heavy atom. The molecule has 0 saturated carbocycles. The molecule has 0 atom stereocenters. The third-order valence-electron chi connectivity index (χ3n) is 4.50. The van der Waals surface area contributed by atoms with Gasteiger partial charge in [-0.15, -0.1) is 36.2 Å². The van der Waals surface area contributed by atoms with Crippen molar-refractivity contribution in [3.05, 3.63) is 46.3 Å². The Bertz CT molecular complexity index is 718. The number of amides is 1. The van der Waals surface area contributed by atoms with Crippen molar-refractivity contribution in [3.8, 4) is 10.4 Å². The zero-order valence-corrected chi connectivity index (χ0v) is 18.3. The lowest BCUT2D eigenvalue weighted by molar-refractivity contribution is -0.133. The first-order valence-electron chi connectivity index (χ1n) is 8.71. The Morgan fingerprint density at radius 3 is 2.44 bits per heavy atom. The molecule has 8 heteroatoms. The fraction of sp³-hybridized carbons (Fsp3) is 0.421. The van der Waals surface area contributed by atoms with E-state index in [1.165, 1.54) is 9.75 Å². The Kier molecular flexibility index (Phi) is 10.7. The van der Waals surface area contributed by atoms with Crippen molar-refractivity contribution in [2.45, 2.75) is 19.4 Å². The van der Waals surface area contributed by atoms with E-state index >= 15 is 0 Å². The average Bonchev–Trinajstić information content (AvgIpc) is 3.09. The van der Waals surface area contributed by atoms with Gasteiger partial charge in [0.25, 0.3) is 0 Å². The van der Waals surface area contributed by atoms with Crippen molar-refractivity contribution in [3.63, 3.8) is 0 Å². The van der Waals surface area contributed by atoms with Crippen LogP contribution in [-0.4, -0.2) is 48.4 Å². The standard InChI is InChI=1S/C19H24ClN3OS.2ClH/c20-17-5-2-1-4-16(17)18-8-7-15(25-18)14-22-10-12-23(13-11-22)19(24)6-3-9-21;;/h1-2,4-5,7-8H,3,6,9-14,21H2;2*1H. The monoisotopic (exact) mass is 449 g/mol. The predicted molar refractivity (Wildman–Crippen MR) is 119 cm³/mol. The van der Waals surface area contributed by atoms with Crippen LogP contribution in [0.3, 0.4) is 0 Å². The number of thiophene rings is 1. The maximum absolute atomic E-state index is 12.1. The van der Waals surface area contributed by atoms with Crippen LogP contribution in [0.1, 0.15) is 17.7 Å². The average molecular weight is 451 g/mol. The van der Waals surface area contributed by atoms with E-state index in [2.05, 4.69) is 23.1 Å². The highest BCUT2D eigenvalue weighted by Crippen LogP contribution is 2.33. The van der Waals surface area contributed by atoms with E-state index in [9.17, 15) is 4.79 Å². The summed E-state index contributed by atoms with van der Waals surface area (Å²) in [6, 6.07) is 12.3. The SMILES string of the molecule is Cl.Cl.NCCCC(=O)N1CCN(Cc2ccc(-c3ccccc3Cl)s2)CC1. The molecule has 1 aromatic carbocycles. The third-order valence-corrected chi connectivity index (χ3v) is 5.93. The minimum Gasteiger partial charge on any atom is -0.340 e. The van der Waals surface area contributed by atoms with E-state index in [-0.39, 0.29) is 30.7 Å². The van der Waals surface area contributed by atoms with Crippen LogP contribution in [0.2, 0.25) is 5.02 Å². The molecule has 1 aliphatic rings. The van der Waals surface area contributed by atoms with Crippen LogP contribution in [-0.2, 0) is 11.3 Å². The van der Waals surface area contributed by atoms with E-state index in [1.54, 1.807) is 11.3 Å². The van der Waals surface area contributed by atoms with Gasteiger partial charge in [-0.2, -0.15) is 0 Å². The van der Waals surface area contributed by atoms with Crippen LogP contribution >= 0.6 is 47.8 Å². The summed E-state index contributed by atoms with van der Waals surface area (Å²) < 4.78 is 0. The summed E-state index contributed by atoms with van der Waals surface area (Å²) in [5, 5.41) is 0.792. The van der Waals surface area contributed by atoms with Gasteiger partial charge in [-0.1, -0.05) is 29.8 Å². The number of benzene rings is 1. The van der Waals surface area contributed by atoms with Gasteiger partial charge in [0, 0.05) is 59.5 Å². The van der Waals surface area contributed by atoms with E-state index < -0.39 is 0 Å². The third kappa shape index (κ3) is 6.63. The number of carbonyl (C=O) groups is 1. The van der Waals surface area contributed by atoms with E-state index in [0.29, 0.717) is 13.0 Å². The van der Waals surface area contributed by atoms with Gasteiger partial charge < -0.3 is 10.6 Å². The van der Waals surface area contributed by atoms with Gasteiger partial charge in [0.2, 0.25) is 5.91 Å². The minimum atomic E-state index is 0. The lowest BCUT2D eigenvalue weighted by Crippen LogP contribution is -2.48. The largest absolute Gasteiger partial charge is 0.340 e. The highest BCUT2D eigenvalue weighted by Gasteiger charge is 2.21. The molecule has 0 unspecified atom stereocenters. The molecule has 1 aromatic heterocycles. The Hall–Kier alpha value is -0.820. The zero-order valence-electron chi connectivity index (χ0n) is 15.1. The quantitative estimate of drug-likeness (QED) is 0.714. The highest BCUT2D eigenvalue weighted by atomic mass is 35.5. The fourth-order valence-corrected chi connectivity index (χ4v) is 4.44. The number of nitrogens with two attached hydrogens (primary N) is 1. The molecule has 4 nitrogen and oxygen atoms in total. The molecule has 2 N–H and O–H groups in total. The predicted octanol–water partition coefficient (Wildman–Crippen LogP) is 4.30. The van der Waals surface area contributed by atoms with Crippen LogP contribution in [0.4, 0.5) is 0 Å². The number of halogens is 3. The smallest absolute Gasteiger partial charge is 0.222 e. The lowest BCUT2D eigenvalue weighted by atomic mass is 10.2. The first kappa shape index (κ1) is 24.2. The van der Waals surface area contributed by atoms with E-state index in [0.717, 1.165) is 49.7 Å². The Balaban J connectivity index is 0.00000182. The van der Waals surface area contributed by atoms with Crippen molar-refractivity contribution < 1.29 is 4.79 Å². The summed E-state index contributed by atoms with van der Waals surface area (Å²) in [5.74, 6) is 0.238. The number of hydrogen-bond donors (Lipinski definition) is 1. The van der Waals surface area contributed by atoms with Crippen LogP contribution in [0, 0.1) is 0 Å². The summed E-state index contributed by atoms with van der Waals surface area (Å²) in [4.78, 5) is 19.0. The van der Waals surface area contributed by atoms with Crippen LogP contribution in [0.5, 0.6) is 0 Å².